The molecular weight excluding hydrogens is 312 g/mol. The average molecular weight is 334 g/mol. The predicted molar refractivity (Wildman–Crippen MR) is 93.6 cm³/mol. The smallest absolute Gasteiger partial charge is 0.252 e. The van der Waals surface area contributed by atoms with E-state index in [4.69, 9.17) is 21.7 Å². The molecule has 1 aromatic heterocycles. The molecule has 0 spiro atoms. The number of benzene rings is 1. The van der Waals surface area contributed by atoms with Crippen LogP contribution in [0.15, 0.2) is 35.1 Å². The molecule has 1 heterocycles. The van der Waals surface area contributed by atoms with Crippen molar-refractivity contribution in [1.29, 1.82) is 0 Å². The first kappa shape index (κ1) is 17.4. The molecule has 0 saturated carbocycles. The second-order valence-corrected chi connectivity index (χ2v) is 5.71. The summed E-state index contributed by atoms with van der Waals surface area (Å²) >= 11 is 5.32. The van der Waals surface area contributed by atoms with E-state index in [1.54, 1.807) is 6.07 Å². The molecule has 0 saturated heterocycles. The molecule has 1 N–H and O–H groups in total. The molecule has 1 aromatic carbocycles. The van der Waals surface area contributed by atoms with Crippen molar-refractivity contribution < 1.29 is 9.47 Å². The van der Waals surface area contributed by atoms with Crippen molar-refractivity contribution in [3.05, 3.63) is 45.5 Å². The third-order valence-corrected chi connectivity index (χ3v) is 3.59. The Labute approximate surface area is 140 Å². The Morgan fingerprint density at radius 3 is 2.74 bits per heavy atom. The number of hydrogen-bond acceptors (Lipinski definition) is 4. The Bertz CT molecular complexity index is 765. The first-order valence-electron chi connectivity index (χ1n) is 7.71. The van der Waals surface area contributed by atoms with Gasteiger partial charge in [0, 0.05) is 18.2 Å². The Hall–Kier alpha value is -1.92. The Kier molecular flexibility index (Phi) is 6.12. The zero-order valence-corrected chi connectivity index (χ0v) is 14.5. The van der Waals surface area contributed by atoms with Crippen molar-refractivity contribution in [3.63, 3.8) is 0 Å². The van der Waals surface area contributed by atoms with Crippen LogP contribution >= 0.6 is 12.2 Å². The van der Waals surface area contributed by atoms with Crippen LogP contribution in [0.1, 0.15) is 20.8 Å². The molecule has 0 atom stereocenters. The lowest BCUT2D eigenvalue weighted by molar-refractivity contribution is 0.0725. The SMILES string of the molecule is CCOc1ccccc1-c1cc(=O)[nH]c(=S)n1CCOC(C)C. The van der Waals surface area contributed by atoms with Crippen LogP contribution in [0.2, 0.25) is 0 Å². The number of nitrogens with one attached hydrogen (secondary N) is 1. The van der Waals surface area contributed by atoms with Crippen LogP contribution in [0.5, 0.6) is 5.75 Å². The van der Waals surface area contributed by atoms with Crippen LogP contribution in [0.3, 0.4) is 0 Å². The van der Waals surface area contributed by atoms with Crippen LogP contribution in [0.4, 0.5) is 0 Å². The van der Waals surface area contributed by atoms with Gasteiger partial charge in [-0.25, -0.2) is 0 Å². The number of aromatic nitrogens is 2. The second-order valence-electron chi connectivity index (χ2n) is 5.32. The highest BCUT2D eigenvalue weighted by Crippen LogP contribution is 2.29. The van der Waals surface area contributed by atoms with Gasteiger partial charge in [0.1, 0.15) is 5.75 Å². The number of nitrogens with zero attached hydrogens (tertiary/aromatic N) is 1. The summed E-state index contributed by atoms with van der Waals surface area (Å²) in [6.07, 6.45) is 0.145. The van der Waals surface area contributed by atoms with Crippen molar-refractivity contribution in [2.75, 3.05) is 13.2 Å². The summed E-state index contributed by atoms with van der Waals surface area (Å²) in [5, 5.41) is 0. The monoisotopic (exact) mass is 334 g/mol. The fraction of sp³-hybridized carbons (Fsp3) is 0.412. The van der Waals surface area contributed by atoms with E-state index in [0.717, 1.165) is 17.0 Å². The van der Waals surface area contributed by atoms with Gasteiger partial charge in [-0.15, -0.1) is 0 Å². The highest BCUT2D eigenvalue weighted by molar-refractivity contribution is 7.71. The topological polar surface area (TPSA) is 56.2 Å². The van der Waals surface area contributed by atoms with E-state index in [1.807, 2.05) is 49.6 Å². The number of aromatic amines is 1. The molecule has 6 heteroatoms. The molecule has 2 aromatic rings. The normalized spacial score (nSPS) is 11.0. The van der Waals surface area contributed by atoms with Crippen LogP contribution in [0.25, 0.3) is 11.3 Å². The molecule has 0 amide bonds. The van der Waals surface area contributed by atoms with E-state index < -0.39 is 0 Å². The third kappa shape index (κ3) is 4.53. The van der Waals surface area contributed by atoms with Crippen molar-refractivity contribution >= 4 is 12.2 Å². The van der Waals surface area contributed by atoms with Gasteiger partial charge in [0.05, 0.1) is 25.0 Å². The zero-order chi connectivity index (χ0) is 16.8. The zero-order valence-electron chi connectivity index (χ0n) is 13.7. The summed E-state index contributed by atoms with van der Waals surface area (Å²) in [4.78, 5) is 14.5. The quantitative estimate of drug-likeness (QED) is 0.789. The van der Waals surface area contributed by atoms with Gasteiger partial charge < -0.3 is 14.0 Å². The molecule has 124 valence electrons. The number of H-pyrrole nitrogens is 1. The fourth-order valence-electron chi connectivity index (χ4n) is 2.30. The summed E-state index contributed by atoms with van der Waals surface area (Å²) in [6, 6.07) is 9.18. The minimum absolute atomic E-state index is 0.145. The summed E-state index contributed by atoms with van der Waals surface area (Å²) in [5.74, 6) is 0.730. The van der Waals surface area contributed by atoms with Gasteiger partial charge in [-0.2, -0.15) is 0 Å². The Balaban J connectivity index is 2.49. The van der Waals surface area contributed by atoms with Gasteiger partial charge in [-0.3, -0.25) is 9.78 Å². The molecule has 0 unspecified atom stereocenters. The highest BCUT2D eigenvalue weighted by Gasteiger charge is 2.12. The molecule has 23 heavy (non-hydrogen) atoms. The summed E-state index contributed by atoms with van der Waals surface area (Å²) in [6.45, 7) is 7.52. The standard InChI is InChI=1S/C17H22N2O3S/c1-4-21-15-8-6-5-7-13(15)14-11-16(20)18-17(23)19(14)9-10-22-12(2)3/h5-8,11-12H,4,9-10H2,1-3H3,(H,18,20,23). The molecule has 5 nitrogen and oxygen atoms in total. The molecule has 0 bridgehead atoms. The van der Waals surface area contributed by atoms with E-state index >= 15 is 0 Å². The first-order chi connectivity index (χ1) is 11.0. The van der Waals surface area contributed by atoms with Gasteiger partial charge in [0.25, 0.3) is 5.56 Å². The van der Waals surface area contributed by atoms with E-state index in [0.29, 0.717) is 24.5 Å². The van der Waals surface area contributed by atoms with Crippen molar-refractivity contribution in [1.82, 2.24) is 9.55 Å². The molecule has 0 aliphatic heterocycles. The molecule has 0 radical (unpaired) electrons. The lowest BCUT2D eigenvalue weighted by atomic mass is 10.1. The molecule has 0 aliphatic rings. The van der Waals surface area contributed by atoms with Gasteiger partial charge in [-0.05, 0) is 45.1 Å². The molecular formula is C17H22N2O3S. The van der Waals surface area contributed by atoms with E-state index in [-0.39, 0.29) is 11.7 Å². The highest BCUT2D eigenvalue weighted by atomic mass is 32.1. The van der Waals surface area contributed by atoms with E-state index in [1.165, 1.54) is 0 Å². The van der Waals surface area contributed by atoms with Crippen LogP contribution in [-0.4, -0.2) is 28.9 Å². The summed E-state index contributed by atoms with van der Waals surface area (Å²) in [5.41, 5.74) is 1.35. The van der Waals surface area contributed by atoms with Gasteiger partial charge in [0.2, 0.25) is 0 Å². The van der Waals surface area contributed by atoms with Gasteiger partial charge in [0.15, 0.2) is 4.77 Å². The molecule has 0 fully saturated rings. The van der Waals surface area contributed by atoms with Crippen LogP contribution in [-0.2, 0) is 11.3 Å². The summed E-state index contributed by atoms with van der Waals surface area (Å²) < 4.78 is 13.5. The van der Waals surface area contributed by atoms with E-state index in [9.17, 15) is 4.79 Å². The Morgan fingerprint density at radius 2 is 2.04 bits per heavy atom. The summed E-state index contributed by atoms with van der Waals surface area (Å²) in [7, 11) is 0. The van der Waals surface area contributed by atoms with Crippen LogP contribution < -0.4 is 10.3 Å². The largest absolute Gasteiger partial charge is 0.493 e. The Morgan fingerprint density at radius 1 is 1.30 bits per heavy atom. The first-order valence-corrected chi connectivity index (χ1v) is 8.11. The maximum absolute atomic E-state index is 11.9. The predicted octanol–water partition coefficient (Wildman–Crippen LogP) is 3.40. The molecule has 0 aliphatic carbocycles. The van der Waals surface area contributed by atoms with Crippen molar-refractivity contribution in [2.24, 2.45) is 0 Å². The van der Waals surface area contributed by atoms with Crippen LogP contribution in [0, 0.1) is 4.77 Å². The lowest BCUT2D eigenvalue weighted by Gasteiger charge is -2.17. The third-order valence-electron chi connectivity index (χ3n) is 3.26. The molecule has 2 rings (SSSR count). The number of para-hydroxylation sites is 1. The number of hydrogen-bond donors (Lipinski definition) is 1. The average Bonchev–Trinajstić information content (AvgIpc) is 2.49. The maximum Gasteiger partial charge on any atom is 0.252 e. The number of ether oxygens (including phenoxy) is 2. The number of rotatable bonds is 7. The van der Waals surface area contributed by atoms with E-state index in [2.05, 4.69) is 4.98 Å². The minimum Gasteiger partial charge on any atom is -0.493 e. The van der Waals surface area contributed by atoms with Crippen molar-refractivity contribution in [3.8, 4) is 17.0 Å². The van der Waals surface area contributed by atoms with Gasteiger partial charge in [-0.1, -0.05) is 12.1 Å². The fourth-order valence-corrected chi connectivity index (χ4v) is 2.60. The van der Waals surface area contributed by atoms with Crippen molar-refractivity contribution in [2.45, 2.75) is 33.4 Å². The second kappa shape index (κ2) is 8.08. The lowest BCUT2D eigenvalue weighted by Crippen LogP contribution is -2.18. The van der Waals surface area contributed by atoms with Gasteiger partial charge >= 0.3 is 0 Å². The maximum atomic E-state index is 11.9. The minimum atomic E-state index is -0.225.